The minimum Gasteiger partial charge on any atom is -0.479 e. The van der Waals surface area contributed by atoms with Gasteiger partial charge in [0.15, 0.2) is 6.10 Å². The number of benzene rings is 2. The summed E-state index contributed by atoms with van der Waals surface area (Å²) in [4.78, 5) is 10.7. The van der Waals surface area contributed by atoms with Gasteiger partial charge in [-0.3, -0.25) is 0 Å². The fourth-order valence-corrected chi connectivity index (χ4v) is 2.42. The van der Waals surface area contributed by atoms with Crippen molar-refractivity contribution in [3.63, 3.8) is 0 Å². The highest BCUT2D eigenvalue weighted by Gasteiger charge is 2.12. The zero-order valence-electron chi connectivity index (χ0n) is 11.0. The Kier molecular flexibility index (Phi) is 5.30. The van der Waals surface area contributed by atoms with Gasteiger partial charge in [-0.15, -0.1) is 0 Å². The Balaban J connectivity index is 2.07. The van der Waals surface area contributed by atoms with Crippen molar-refractivity contribution in [3.05, 3.63) is 51.1 Å². The van der Waals surface area contributed by atoms with E-state index in [-0.39, 0.29) is 0 Å². The second-order valence-electron chi connectivity index (χ2n) is 4.25. The molecule has 4 nitrogen and oxygen atoms in total. The van der Waals surface area contributed by atoms with E-state index in [2.05, 4.69) is 22.6 Å². The molecule has 110 valence electrons. The van der Waals surface area contributed by atoms with E-state index < -0.39 is 12.1 Å². The maximum absolute atomic E-state index is 10.7. The number of carboxylic acid groups (broad SMARTS) is 1. The van der Waals surface area contributed by atoms with Gasteiger partial charge in [0, 0.05) is 3.57 Å². The third-order valence-corrected chi connectivity index (χ3v) is 3.57. The number of hydrogen-bond donors (Lipinski definition) is 1. The first-order valence-electron chi connectivity index (χ1n) is 6.08. The van der Waals surface area contributed by atoms with E-state index in [0.29, 0.717) is 22.3 Å². The Morgan fingerprint density at radius 1 is 1.19 bits per heavy atom. The van der Waals surface area contributed by atoms with Crippen molar-refractivity contribution >= 4 is 40.2 Å². The van der Waals surface area contributed by atoms with Gasteiger partial charge in [0.1, 0.15) is 17.2 Å². The van der Waals surface area contributed by atoms with Crippen molar-refractivity contribution in [1.29, 1.82) is 0 Å². The zero-order chi connectivity index (χ0) is 15.4. The minimum absolute atomic E-state index is 0.464. The number of carboxylic acids is 1. The van der Waals surface area contributed by atoms with Gasteiger partial charge in [0.25, 0.3) is 0 Å². The molecule has 2 aromatic rings. The molecule has 0 aliphatic rings. The Labute approximate surface area is 140 Å². The maximum atomic E-state index is 10.7. The number of carbonyl (C=O) groups is 1. The molecule has 0 bridgehead atoms. The third kappa shape index (κ3) is 4.50. The largest absolute Gasteiger partial charge is 0.479 e. The van der Waals surface area contributed by atoms with Crippen LogP contribution < -0.4 is 9.47 Å². The first-order valence-corrected chi connectivity index (χ1v) is 7.54. The van der Waals surface area contributed by atoms with Crippen LogP contribution in [0.1, 0.15) is 6.92 Å². The van der Waals surface area contributed by atoms with E-state index in [9.17, 15) is 4.79 Å². The van der Waals surface area contributed by atoms with Gasteiger partial charge in [0.05, 0.1) is 5.02 Å². The summed E-state index contributed by atoms with van der Waals surface area (Å²) in [6.45, 7) is 1.47. The standard InChI is InChI=1S/C15H12ClIO4/c1-9(15(18)19)20-11-3-5-12(6-4-11)21-14-7-2-10(17)8-13(14)16/h2-9H,1H3,(H,18,19). The van der Waals surface area contributed by atoms with Crippen LogP contribution in [-0.2, 0) is 4.79 Å². The number of hydrogen-bond acceptors (Lipinski definition) is 3. The summed E-state index contributed by atoms with van der Waals surface area (Å²) in [6.07, 6.45) is -0.901. The predicted molar refractivity (Wildman–Crippen MR) is 88.4 cm³/mol. The molecular weight excluding hydrogens is 407 g/mol. The van der Waals surface area contributed by atoms with E-state index in [1.165, 1.54) is 6.92 Å². The highest BCUT2D eigenvalue weighted by Crippen LogP contribution is 2.31. The monoisotopic (exact) mass is 418 g/mol. The van der Waals surface area contributed by atoms with E-state index in [1.54, 1.807) is 30.3 Å². The summed E-state index contributed by atoms with van der Waals surface area (Å²) in [7, 11) is 0. The molecule has 0 saturated heterocycles. The van der Waals surface area contributed by atoms with Crippen LogP contribution in [0.5, 0.6) is 17.2 Å². The molecule has 1 atom stereocenters. The Hall–Kier alpha value is -1.47. The molecule has 0 aromatic heterocycles. The van der Waals surface area contributed by atoms with E-state index in [1.807, 2.05) is 12.1 Å². The molecule has 0 radical (unpaired) electrons. The normalized spacial score (nSPS) is 11.8. The maximum Gasteiger partial charge on any atom is 0.344 e. The fraction of sp³-hybridized carbons (Fsp3) is 0.133. The van der Waals surface area contributed by atoms with Crippen molar-refractivity contribution in [2.24, 2.45) is 0 Å². The summed E-state index contributed by atoms with van der Waals surface area (Å²) in [5.41, 5.74) is 0. The lowest BCUT2D eigenvalue weighted by Crippen LogP contribution is -2.22. The van der Waals surface area contributed by atoms with Gasteiger partial charge in [-0.2, -0.15) is 0 Å². The molecule has 0 aliphatic heterocycles. The summed E-state index contributed by atoms with van der Waals surface area (Å²) in [5.74, 6) is 0.602. The highest BCUT2D eigenvalue weighted by molar-refractivity contribution is 14.1. The topological polar surface area (TPSA) is 55.8 Å². The molecule has 6 heteroatoms. The third-order valence-electron chi connectivity index (χ3n) is 2.61. The minimum atomic E-state index is -1.01. The Morgan fingerprint density at radius 3 is 2.38 bits per heavy atom. The zero-order valence-corrected chi connectivity index (χ0v) is 14.0. The van der Waals surface area contributed by atoms with Crippen molar-refractivity contribution in [2.75, 3.05) is 0 Å². The number of ether oxygens (including phenoxy) is 2. The molecule has 2 rings (SSSR count). The summed E-state index contributed by atoms with van der Waals surface area (Å²) in [6, 6.07) is 12.2. The molecule has 1 unspecified atom stereocenters. The lowest BCUT2D eigenvalue weighted by Gasteiger charge is -2.11. The highest BCUT2D eigenvalue weighted by atomic mass is 127. The average Bonchev–Trinajstić information content (AvgIpc) is 2.43. The van der Waals surface area contributed by atoms with Crippen molar-refractivity contribution < 1.29 is 19.4 Å². The molecule has 0 amide bonds. The smallest absolute Gasteiger partial charge is 0.344 e. The van der Waals surface area contributed by atoms with Crippen LogP contribution >= 0.6 is 34.2 Å². The number of aliphatic carboxylic acids is 1. The van der Waals surface area contributed by atoms with E-state index in [0.717, 1.165) is 3.57 Å². The summed E-state index contributed by atoms with van der Waals surface area (Å²) < 4.78 is 11.9. The Morgan fingerprint density at radius 2 is 1.81 bits per heavy atom. The Bertz CT molecular complexity index is 643. The van der Waals surface area contributed by atoms with Gasteiger partial charge in [-0.25, -0.2) is 4.79 Å². The summed E-state index contributed by atoms with van der Waals surface area (Å²) >= 11 is 8.26. The molecule has 0 fully saturated rings. The lowest BCUT2D eigenvalue weighted by atomic mass is 10.3. The number of rotatable bonds is 5. The SMILES string of the molecule is CC(Oc1ccc(Oc2ccc(I)cc2Cl)cc1)C(=O)O. The quantitative estimate of drug-likeness (QED) is 0.722. The molecule has 0 spiro atoms. The second kappa shape index (κ2) is 7.00. The summed E-state index contributed by atoms with van der Waals surface area (Å²) in [5, 5.41) is 9.31. The van der Waals surface area contributed by atoms with Crippen LogP contribution in [0.15, 0.2) is 42.5 Å². The molecule has 21 heavy (non-hydrogen) atoms. The van der Waals surface area contributed by atoms with Crippen LogP contribution in [0.3, 0.4) is 0 Å². The van der Waals surface area contributed by atoms with Crippen molar-refractivity contribution in [3.8, 4) is 17.2 Å². The van der Waals surface area contributed by atoms with E-state index in [4.69, 9.17) is 26.2 Å². The van der Waals surface area contributed by atoms with Crippen LogP contribution in [0.25, 0.3) is 0 Å². The van der Waals surface area contributed by atoms with Crippen LogP contribution in [-0.4, -0.2) is 17.2 Å². The molecule has 1 N–H and O–H groups in total. The second-order valence-corrected chi connectivity index (χ2v) is 5.90. The first kappa shape index (κ1) is 15.9. The fourth-order valence-electron chi connectivity index (χ4n) is 1.53. The average molecular weight is 419 g/mol. The lowest BCUT2D eigenvalue weighted by molar-refractivity contribution is -0.144. The van der Waals surface area contributed by atoms with Crippen molar-refractivity contribution in [1.82, 2.24) is 0 Å². The number of halogens is 2. The van der Waals surface area contributed by atoms with Gasteiger partial charge in [0.2, 0.25) is 0 Å². The predicted octanol–water partition coefficient (Wildman–Crippen LogP) is 4.59. The molecule has 0 aliphatic carbocycles. The molecule has 0 heterocycles. The van der Waals surface area contributed by atoms with Gasteiger partial charge >= 0.3 is 5.97 Å². The molecule has 0 saturated carbocycles. The molecular formula is C15H12ClIO4. The van der Waals surface area contributed by atoms with Crippen LogP contribution in [0, 0.1) is 3.57 Å². The van der Waals surface area contributed by atoms with Gasteiger partial charge in [-0.05, 0) is 72.0 Å². The van der Waals surface area contributed by atoms with Crippen LogP contribution in [0.2, 0.25) is 5.02 Å². The molecule has 2 aromatic carbocycles. The van der Waals surface area contributed by atoms with Crippen LogP contribution in [0.4, 0.5) is 0 Å². The van der Waals surface area contributed by atoms with Crippen molar-refractivity contribution in [2.45, 2.75) is 13.0 Å². The van der Waals surface area contributed by atoms with E-state index >= 15 is 0 Å². The first-order chi connectivity index (χ1) is 9.95. The van der Waals surface area contributed by atoms with Gasteiger partial charge < -0.3 is 14.6 Å². The van der Waals surface area contributed by atoms with Gasteiger partial charge in [-0.1, -0.05) is 11.6 Å².